The van der Waals surface area contributed by atoms with Crippen LogP contribution in [0.1, 0.15) is 22.9 Å². The van der Waals surface area contributed by atoms with Crippen LogP contribution in [0, 0.1) is 6.92 Å². The Morgan fingerprint density at radius 3 is 2.35 bits per heavy atom. The molecule has 106 valence electrons. The smallest absolute Gasteiger partial charge is 0.406 e. The van der Waals surface area contributed by atoms with E-state index in [1.165, 1.54) is 24.3 Å². The van der Waals surface area contributed by atoms with Crippen LogP contribution >= 0.6 is 0 Å². The zero-order chi connectivity index (χ0) is 14.8. The summed E-state index contributed by atoms with van der Waals surface area (Å²) >= 11 is 0. The lowest BCUT2D eigenvalue weighted by Crippen LogP contribution is -2.17. The number of ether oxygens (including phenoxy) is 1. The molecule has 0 aliphatic heterocycles. The Kier molecular flexibility index (Phi) is 3.94. The molecule has 0 radical (unpaired) electrons. The first-order chi connectivity index (χ1) is 9.37. The van der Waals surface area contributed by atoms with E-state index in [1.807, 2.05) is 13.0 Å². The van der Waals surface area contributed by atoms with Crippen molar-refractivity contribution in [2.75, 3.05) is 0 Å². The highest BCUT2D eigenvalue weighted by atomic mass is 19.4. The van der Waals surface area contributed by atoms with Gasteiger partial charge in [-0.3, -0.25) is 4.98 Å². The number of hydrogen-bond donors (Lipinski definition) is 1. The maximum atomic E-state index is 12.1. The SMILES string of the molecule is Cc1cccnc1[C@@H](N)c1ccc(OC(F)(F)F)cc1. The fourth-order valence-corrected chi connectivity index (χ4v) is 1.86. The first kappa shape index (κ1) is 14.3. The number of aromatic nitrogens is 1. The van der Waals surface area contributed by atoms with E-state index in [1.54, 1.807) is 12.3 Å². The lowest BCUT2D eigenvalue weighted by Gasteiger charge is -2.15. The Bertz CT molecular complexity index is 582. The molecule has 0 aliphatic carbocycles. The van der Waals surface area contributed by atoms with E-state index in [-0.39, 0.29) is 5.75 Å². The van der Waals surface area contributed by atoms with E-state index in [9.17, 15) is 13.2 Å². The molecule has 0 aliphatic rings. The summed E-state index contributed by atoms with van der Waals surface area (Å²) in [5.74, 6) is -0.272. The van der Waals surface area contributed by atoms with Crippen molar-refractivity contribution in [2.24, 2.45) is 5.73 Å². The number of nitrogens with zero attached hydrogens (tertiary/aromatic N) is 1. The van der Waals surface area contributed by atoms with Crippen molar-refractivity contribution >= 4 is 0 Å². The molecular formula is C14H13F3N2O. The van der Waals surface area contributed by atoms with Crippen LogP contribution in [0.15, 0.2) is 42.6 Å². The summed E-state index contributed by atoms with van der Waals surface area (Å²) in [5, 5.41) is 0. The third-order valence-electron chi connectivity index (χ3n) is 2.82. The minimum Gasteiger partial charge on any atom is -0.406 e. The Morgan fingerprint density at radius 2 is 1.80 bits per heavy atom. The number of alkyl halides is 3. The third kappa shape index (κ3) is 3.48. The molecule has 0 saturated heterocycles. The number of rotatable bonds is 3. The number of benzene rings is 1. The van der Waals surface area contributed by atoms with Crippen molar-refractivity contribution in [3.63, 3.8) is 0 Å². The molecule has 0 saturated carbocycles. The van der Waals surface area contributed by atoms with Gasteiger partial charge in [0, 0.05) is 6.20 Å². The van der Waals surface area contributed by atoms with E-state index in [4.69, 9.17) is 5.73 Å². The molecule has 1 aromatic heterocycles. The number of hydrogen-bond acceptors (Lipinski definition) is 3. The summed E-state index contributed by atoms with van der Waals surface area (Å²) in [7, 11) is 0. The lowest BCUT2D eigenvalue weighted by molar-refractivity contribution is -0.274. The van der Waals surface area contributed by atoms with Crippen molar-refractivity contribution in [1.29, 1.82) is 0 Å². The van der Waals surface area contributed by atoms with Crippen LogP contribution in [0.25, 0.3) is 0 Å². The summed E-state index contributed by atoms with van der Waals surface area (Å²) in [6.07, 6.45) is -3.06. The van der Waals surface area contributed by atoms with Crippen LogP contribution in [0.5, 0.6) is 5.75 Å². The molecule has 2 aromatic rings. The Morgan fingerprint density at radius 1 is 1.15 bits per heavy atom. The van der Waals surface area contributed by atoms with E-state index in [2.05, 4.69) is 9.72 Å². The average Bonchev–Trinajstić information content (AvgIpc) is 2.37. The normalized spacial score (nSPS) is 13.1. The fourth-order valence-electron chi connectivity index (χ4n) is 1.86. The molecule has 20 heavy (non-hydrogen) atoms. The molecule has 2 N–H and O–H groups in total. The fraction of sp³-hybridized carbons (Fsp3) is 0.214. The van der Waals surface area contributed by atoms with Gasteiger partial charge in [-0.25, -0.2) is 0 Å². The first-order valence-electron chi connectivity index (χ1n) is 5.89. The molecule has 0 fully saturated rings. The summed E-state index contributed by atoms with van der Waals surface area (Å²) < 4.78 is 40.0. The molecule has 6 heteroatoms. The zero-order valence-electron chi connectivity index (χ0n) is 10.7. The quantitative estimate of drug-likeness (QED) is 0.939. The number of aryl methyl sites for hydroxylation is 1. The molecule has 1 aromatic carbocycles. The second-order valence-corrected chi connectivity index (χ2v) is 4.30. The van der Waals surface area contributed by atoms with Gasteiger partial charge in [-0.2, -0.15) is 0 Å². The maximum absolute atomic E-state index is 12.1. The van der Waals surface area contributed by atoms with Crippen LogP contribution in [0.3, 0.4) is 0 Å². The highest BCUT2D eigenvalue weighted by Crippen LogP contribution is 2.26. The number of halogens is 3. The predicted molar refractivity (Wildman–Crippen MR) is 68.1 cm³/mol. The van der Waals surface area contributed by atoms with Crippen molar-refractivity contribution in [2.45, 2.75) is 19.3 Å². The maximum Gasteiger partial charge on any atom is 0.573 e. The molecule has 3 nitrogen and oxygen atoms in total. The summed E-state index contributed by atoms with van der Waals surface area (Å²) in [4.78, 5) is 4.20. The Balaban J connectivity index is 2.20. The van der Waals surface area contributed by atoms with Gasteiger partial charge in [-0.15, -0.1) is 13.2 Å². The number of pyridine rings is 1. The minimum absolute atomic E-state index is 0.272. The van der Waals surface area contributed by atoms with Crippen molar-refractivity contribution in [1.82, 2.24) is 4.98 Å². The van der Waals surface area contributed by atoms with Gasteiger partial charge < -0.3 is 10.5 Å². The van der Waals surface area contributed by atoms with Crippen molar-refractivity contribution < 1.29 is 17.9 Å². The predicted octanol–water partition coefficient (Wildman–Crippen LogP) is 3.34. The molecule has 0 spiro atoms. The minimum atomic E-state index is -4.69. The standard InChI is InChI=1S/C14H13F3N2O/c1-9-3-2-8-19-13(9)12(18)10-4-6-11(7-5-10)20-14(15,16)17/h2-8,12H,18H2,1H3/t12-/m0/s1. The Labute approximate surface area is 114 Å². The molecule has 0 bridgehead atoms. The largest absolute Gasteiger partial charge is 0.573 e. The first-order valence-corrected chi connectivity index (χ1v) is 5.89. The lowest BCUT2D eigenvalue weighted by atomic mass is 10.0. The van der Waals surface area contributed by atoms with Gasteiger partial charge in [0.05, 0.1) is 11.7 Å². The van der Waals surface area contributed by atoms with Crippen molar-refractivity contribution in [3.8, 4) is 5.75 Å². The van der Waals surface area contributed by atoms with E-state index in [0.29, 0.717) is 11.3 Å². The topological polar surface area (TPSA) is 48.1 Å². The molecular weight excluding hydrogens is 269 g/mol. The molecule has 0 amide bonds. The van der Waals surface area contributed by atoms with E-state index in [0.717, 1.165) is 5.56 Å². The molecule has 2 rings (SSSR count). The van der Waals surface area contributed by atoms with Crippen LogP contribution < -0.4 is 10.5 Å². The third-order valence-corrected chi connectivity index (χ3v) is 2.82. The second-order valence-electron chi connectivity index (χ2n) is 4.30. The second kappa shape index (κ2) is 5.50. The van der Waals surface area contributed by atoms with E-state index >= 15 is 0 Å². The summed E-state index contributed by atoms with van der Waals surface area (Å²) in [5.41, 5.74) is 8.35. The summed E-state index contributed by atoms with van der Waals surface area (Å²) in [6, 6.07) is 8.66. The van der Waals surface area contributed by atoms with E-state index < -0.39 is 12.4 Å². The monoisotopic (exact) mass is 282 g/mol. The molecule has 0 unspecified atom stereocenters. The van der Waals surface area contributed by atoms with Crippen LogP contribution in [0.2, 0.25) is 0 Å². The highest BCUT2D eigenvalue weighted by molar-refractivity contribution is 5.35. The van der Waals surface area contributed by atoms with Gasteiger partial charge in [0.2, 0.25) is 0 Å². The van der Waals surface area contributed by atoms with Crippen LogP contribution in [0.4, 0.5) is 13.2 Å². The average molecular weight is 282 g/mol. The van der Waals surface area contributed by atoms with Gasteiger partial charge in [0.15, 0.2) is 0 Å². The van der Waals surface area contributed by atoms with Crippen LogP contribution in [-0.4, -0.2) is 11.3 Å². The Hall–Kier alpha value is -2.08. The zero-order valence-corrected chi connectivity index (χ0v) is 10.7. The highest BCUT2D eigenvalue weighted by Gasteiger charge is 2.31. The molecule has 1 heterocycles. The summed E-state index contributed by atoms with van der Waals surface area (Å²) in [6.45, 7) is 1.88. The van der Waals surface area contributed by atoms with Gasteiger partial charge in [-0.05, 0) is 36.2 Å². The van der Waals surface area contributed by atoms with Gasteiger partial charge in [0.1, 0.15) is 5.75 Å². The van der Waals surface area contributed by atoms with Crippen LogP contribution in [-0.2, 0) is 0 Å². The van der Waals surface area contributed by atoms with Gasteiger partial charge >= 0.3 is 6.36 Å². The van der Waals surface area contributed by atoms with Gasteiger partial charge in [-0.1, -0.05) is 18.2 Å². The van der Waals surface area contributed by atoms with Crippen molar-refractivity contribution in [3.05, 3.63) is 59.4 Å². The molecule has 1 atom stereocenters. The van der Waals surface area contributed by atoms with Gasteiger partial charge in [0.25, 0.3) is 0 Å². The number of nitrogens with two attached hydrogens (primary N) is 1.